The molecule has 1 unspecified atom stereocenters. The van der Waals surface area contributed by atoms with Crippen molar-refractivity contribution < 1.29 is 9.53 Å². The standard InChI is InChI=1S/C28H35N7O2/c1-5-34(6-2)23-16-14-22(15-17-23)30-26-21(4)32-35-28(26)31-27(33-35)20(3)19-29-25(36)13-10-18-37-24-11-8-7-9-12-24/h7-9,11-12,14-17,20H,5-6,10,13,18-19H2,1-4H3,(H,29,36). The molecule has 2 heterocycles. The van der Waals surface area contributed by atoms with E-state index in [-0.39, 0.29) is 11.8 Å². The zero-order chi connectivity index (χ0) is 26.2. The van der Waals surface area contributed by atoms with Gasteiger partial charge in [0.2, 0.25) is 11.7 Å². The topological polar surface area (TPSA) is 97.0 Å². The van der Waals surface area contributed by atoms with Gasteiger partial charge in [0, 0.05) is 37.7 Å². The molecule has 194 valence electrons. The molecular formula is C28H35N7O2. The molecule has 0 saturated carbocycles. The molecule has 1 aliphatic rings. The number of hydrogen-bond acceptors (Lipinski definition) is 7. The van der Waals surface area contributed by atoms with Gasteiger partial charge in [-0.15, -0.1) is 9.89 Å². The lowest BCUT2D eigenvalue weighted by Gasteiger charge is -2.20. The van der Waals surface area contributed by atoms with E-state index in [4.69, 9.17) is 14.7 Å². The monoisotopic (exact) mass is 501 g/mol. The molecule has 3 aromatic rings. The maximum Gasteiger partial charge on any atom is 0.220 e. The SMILES string of the molecule is CCN(CC)c1ccc(N=C2C(C)=Nn3nc(C(C)CNC(=O)CCCOc4ccccc4)nc32)cc1. The number of nitrogens with one attached hydrogen (secondary N) is 1. The summed E-state index contributed by atoms with van der Waals surface area (Å²) in [6.45, 7) is 11.1. The Labute approximate surface area is 218 Å². The first kappa shape index (κ1) is 26.1. The van der Waals surface area contributed by atoms with Gasteiger partial charge in [-0.2, -0.15) is 5.10 Å². The Hall–Kier alpha value is -4.01. The molecule has 0 bridgehead atoms. The number of hydrogen-bond donors (Lipinski definition) is 1. The number of amides is 1. The Morgan fingerprint density at radius 1 is 1.11 bits per heavy atom. The first-order valence-corrected chi connectivity index (χ1v) is 12.9. The van der Waals surface area contributed by atoms with Crippen molar-refractivity contribution in [1.29, 1.82) is 0 Å². The van der Waals surface area contributed by atoms with Gasteiger partial charge < -0.3 is 15.0 Å². The molecule has 9 nitrogen and oxygen atoms in total. The maximum atomic E-state index is 12.3. The van der Waals surface area contributed by atoms with E-state index in [9.17, 15) is 4.79 Å². The van der Waals surface area contributed by atoms with Crippen LogP contribution >= 0.6 is 0 Å². The second kappa shape index (κ2) is 12.3. The molecule has 1 atom stereocenters. The van der Waals surface area contributed by atoms with Crippen molar-refractivity contribution in [3.63, 3.8) is 0 Å². The second-order valence-corrected chi connectivity index (χ2v) is 8.99. The van der Waals surface area contributed by atoms with Gasteiger partial charge in [-0.05, 0) is 63.6 Å². The first-order valence-electron chi connectivity index (χ1n) is 12.9. The second-order valence-electron chi connectivity index (χ2n) is 8.99. The van der Waals surface area contributed by atoms with Crippen LogP contribution in [-0.2, 0) is 4.79 Å². The molecule has 0 radical (unpaired) electrons. The molecular weight excluding hydrogens is 466 g/mol. The first-order chi connectivity index (χ1) is 18.0. The van der Waals surface area contributed by atoms with Crippen LogP contribution in [0.3, 0.4) is 0 Å². The number of para-hydroxylation sites is 1. The number of rotatable bonds is 12. The number of aromatic nitrogens is 3. The van der Waals surface area contributed by atoms with Crippen LogP contribution in [-0.4, -0.2) is 58.4 Å². The Bertz CT molecular complexity index is 1250. The molecule has 1 N–H and O–H groups in total. The molecule has 2 aromatic carbocycles. The van der Waals surface area contributed by atoms with E-state index in [1.54, 1.807) is 0 Å². The summed E-state index contributed by atoms with van der Waals surface area (Å²) in [6.07, 6.45) is 1.05. The predicted molar refractivity (Wildman–Crippen MR) is 147 cm³/mol. The smallest absolute Gasteiger partial charge is 0.220 e. The van der Waals surface area contributed by atoms with Crippen LogP contribution < -0.4 is 15.0 Å². The highest BCUT2D eigenvalue weighted by Gasteiger charge is 2.26. The summed E-state index contributed by atoms with van der Waals surface area (Å²) in [4.78, 5) is 25.6. The number of aliphatic imine (C=N–C) groups is 1. The number of carbonyl (C=O) groups is 1. The summed E-state index contributed by atoms with van der Waals surface area (Å²) >= 11 is 0. The quantitative estimate of drug-likeness (QED) is 0.367. The summed E-state index contributed by atoms with van der Waals surface area (Å²) in [5, 5.41) is 12.0. The van der Waals surface area contributed by atoms with E-state index in [1.807, 2.05) is 56.3 Å². The highest BCUT2D eigenvalue weighted by molar-refractivity contribution is 6.48. The van der Waals surface area contributed by atoms with Gasteiger partial charge in [-0.1, -0.05) is 25.1 Å². The number of anilines is 1. The zero-order valence-electron chi connectivity index (χ0n) is 22.0. The third-order valence-corrected chi connectivity index (χ3v) is 6.23. The maximum absolute atomic E-state index is 12.3. The molecule has 0 saturated heterocycles. The van der Waals surface area contributed by atoms with Crippen molar-refractivity contribution in [3.8, 4) is 5.75 Å². The fourth-order valence-electron chi connectivity index (χ4n) is 4.07. The van der Waals surface area contributed by atoms with Crippen molar-refractivity contribution in [2.75, 3.05) is 31.1 Å². The van der Waals surface area contributed by atoms with Crippen molar-refractivity contribution in [1.82, 2.24) is 20.2 Å². The summed E-state index contributed by atoms with van der Waals surface area (Å²) in [7, 11) is 0. The van der Waals surface area contributed by atoms with Gasteiger partial charge in [-0.25, -0.2) is 9.98 Å². The average Bonchev–Trinajstić information content (AvgIpc) is 3.45. The molecule has 1 amide bonds. The fraction of sp³-hybridized carbons (Fsp3) is 0.393. The van der Waals surface area contributed by atoms with Crippen LogP contribution in [0.1, 0.15) is 58.1 Å². The van der Waals surface area contributed by atoms with Crippen LogP contribution in [0.25, 0.3) is 0 Å². The summed E-state index contributed by atoms with van der Waals surface area (Å²) in [5.74, 6) is 1.99. The fourth-order valence-corrected chi connectivity index (χ4v) is 4.07. The molecule has 1 aliphatic heterocycles. The van der Waals surface area contributed by atoms with Gasteiger partial charge in [-0.3, -0.25) is 4.79 Å². The number of carbonyl (C=O) groups excluding carboxylic acids is 1. The third kappa shape index (κ3) is 6.61. The number of benzene rings is 2. The molecule has 1 aromatic heterocycles. The molecule has 0 spiro atoms. The van der Waals surface area contributed by atoms with E-state index in [0.29, 0.717) is 43.4 Å². The van der Waals surface area contributed by atoms with Gasteiger partial charge in [0.15, 0.2) is 5.82 Å². The molecule has 0 fully saturated rings. The highest BCUT2D eigenvalue weighted by atomic mass is 16.5. The van der Waals surface area contributed by atoms with Gasteiger partial charge >= 0.3 is 0 Å². The van der Waals surface area contributed by atoms with Crippen LogP contribution in [0.4, 0.5) is 11.4 Å². The summed E-state index contributed by atoms with van der Waals surface area (Å²) in [5.41, 5.74) is 3.50. The summed E-state index contributed by atoms with van der Waals surface area (Å²) in [6, 6.07) is 17.8. The molecule has 4 rings (SSSR count). The van der Waals surface area contributed by atoms with Crippen molar-refractivity contribution in [2.45, 2.75) is 46.5 Å². The van der Waals surface area contributed by atoms with Gasteiger partial charge in [0.1, 0.15) is 11.5 Å². The van der Waals surface area contributed by atoms with Crippen LogP contribution in [0.2, 0.25) is 0 Å². The predicted octanol–water partition coefficient (Wildman–Crippen LogP) is 4.56. The number of fused-ring (bicyclic) bond motifs is 1. The van der Waals surface area contributed by atoms with E-state index in [0.717, 1.165) is 30.2 Å². The van der Waals surface area contributed by atoms with E-state index in [2.05, 4.69) is 46.4 Å². The Morgan fingerprint density at radius 3 is 2.54 bits per heavy atom. The lowest BCUT2D eigenvalue weighted by atomic mass is 10.1. The van der Waals surface area contributed by atoms with Crippen molar-refractivity contribution in [3.05, 3.63) is 66.2 Å². The van der Waals surface area contributed by atoms with Gasteiger partial charge in [0.05, 0.1) is 18.0 Å². The zero-order valence-corrected chi connectivity index (χ0v) is 22.0. The highest BCUT2D eigenvalue weighted by Crippen LogP contribution is 2.23. The lowest BCUT2D eigenvalue weighted by molar-refractivity contribution is -0.121. The molecule has 37 heavy (non-hydrogen) atoms. The van der Waals surface area contributed by atoms with Crippen LogP contribution in [0, 0.1) is 0 Å². The molecule has 0 aliphatic carbocycles. The normalized spacial score (nSPS) is 14.3. The molecule has 9 heteroatoms. The third-order valence-electron chi connectivity index (χ3n) is 6.23. The minimum absolute atomic E-state index is 0.0143. The Morgan fingerprint density at radius 2 is 1.84 bits per heavy atom. The summed E-state index contributed by atoms with van der Waals surface area (Å²) < 4.78 is 5.65. The Kier molecular flexibility index (Phi) is 8.66. The minimum Gasteiger partial charge on any atom is -0.494 e. The minimum atomic E-state index is -0.0623. The Balaban J connectivity index is 1.31. The van der Waals surface area contributed by atoms with Crippen molar-refractivity contribution >= 4 is 28.7 Å². The van der Waals surface area contributed by atoms with Crippen LogP contribution in [0.5, 0.6) is 5.75 Å². The average molecular weight is 502 g/mol. The largest absolute Gasteiger partial charge is 0.494 e. The van der Waals surface area contributed by atoms with E-state index >= 15 is 0 Å². The lowest BCUT2D eigenvalue weighted by Crippen LogP contribution is -2.28. The van der Waals surface area contributed by atoms with E-state index in [1.165, 1.54) is 10.5 Å². The van der Waals surface area contributed by atoms with Gasteiger partial charge in [0.25, 0.3) is 0 Å². The number of ether oxygens (including phenoxy) is 1. The van der Waals surface area contributed by atoms with Crippen LogP contribution in [0.15, 0.2) is 64.7 Å². The number of nitrogens with zero attached hydrogens (tertiary/aromatic N) is 6. The van der Waals surface area contributed by atoms with Crippen molar-refractivity contribution in [2.24, 2.45) is 10.1 Å². The van der Waals surface area contributed by atoms with E-state index < -0.39 is 0 Å².